The van der Waals surface area contributed by atoms with Gasteiger partial charge in [-0.05, 0) is 30.2 Å². The molecule has 0 radical (unpaired) electrons. The fourth-order valence-corrected chi connectivity index (χ4v) is 2.88. The fourth-order valence-electron chi connectivity index (χ4n) is 2.88. The second kappa shape index (κ2) is 9.32. The molecule has 3 rings (SSSR count). The molecule has 0 saturated carbocycles. The molecule has 0 spiro atoms. The number of benzene rings is 1. The molecule has 7 heteroatoms. The molecule has 1 heterocycles. The van der Waals surface area contributed by atoms with E-state index < -0.39 is 0 Å². The van der Waals surface area contributed by atoms with Gasteiger partial charge >= 0.3 is 0 Å². The molecule has 1 aliphatic rings. The van der Waals surface area contributed by atoms with E-state index in [-0.39, 0.29) is 24.2 Å². The normalized spacial score (nSPS) is 16.6. The Morgan fingerprint density at radius 3 is 2.97 bits per heavy atom. The number of aromatic nitrogens is 2. The summed E-state index contributed by atoms with van der Waals surface area (Å²) in [5.41, 5.74) is 7.67. The lowest BCUT2D eigenvalue weighted by atomic mass is 10.0. The second-order valence-electron chi connectivity index (χ2n) is 6.89. The third kappa shape index (κ3) is 5.40. The Kier molecular flexibility index (Phi) is 6.59. The standard InChI is InChI=1S/C22H24F2N4O/c1-3-10-28-13-18(14-29-19-7-4-15(2)20(24)12-19)27-22(28)26-9-8-16-5-6-17(23)11-21(16)25/h3,5-7,9,11-13,15H,1,4,8,10,14,25H2,2H3/b26-9-. The lowest BCUT2D eigenvalue weighted by molar-refractivity contribution is 0.202. The first-order chi connectivity index (χ1) is 14.0. The zero-order valence-corrected chi connectivity index (χ0v) is 16.3. The third-order valence-electron chi connectivity index (χ3n) is 4.57. The summed E-state index contributed by atoms with van der Waals surface area (Å²) >= 11 is 0. The van der Waals surface area contributed by atoms with Gasteiger partial charge in [-0.3, -0.25) is 0 Å². The van der Waals surface area contributed by atoms with Crippen LogP contribution in [0.25, 0.3) is 0 Å². The monoisotopic (exact) mass is 398 g/mol. The number of anilines is 1. The summed E-state index contributed by atoms with van der Waals surface area (Å²) < 4.78 is 34.4. The number of nitrogens with two attached hydrogens (primary N) is 1. The van der Waals surface area contributed by atoms with Gasteiger partial charge in [0.2, 0.25) is 5.95 Å². The zero-order valence-electron chi connectivity index (χ0n) is 16.3. The number of halogens is 2. The molecule has 2 N–H and O–H groups in total. The maximum Gasteiger partial charge on any atom is 0.229 e. The molecule has 1 atom stereocenters. The van der Waals surface area contributed by atoms with Gasteiger partial charge in [0.05, 0.1) is 5.69 Å². The highest BCUT2D eigenvalue weighted by molar-refractivity contribution is 5.67. The van der Waals surface area contributed by atoms with Crippen molar-refractivity contribution in [3.63, 3.8) is 0 Å². The van der Waals surface area contributed by atoms with Crippen LogP contribution in [-0.4, -0.2) is 15.8 Å². The Balaban J connectivity index is 1.67. The molecule has 1 aliphatic carbocycles. The maximum atomic E-state index is 13.7. The number of hydrogen-bond acceptors (Lipinski definition) is 4. The number of rotatable bonds is 8. The maximum absolute atomic E-state index is 13.7. The van der Waals surface area contributed by atoms with Gasteiger partial charge in [0.25, 0.3) is 0 Å². The van der Waals surface area contributed by atoms with Crippen molar-refractivity contribution in [2.45, 2.75) is 32.9 Å². The quantitative estimate of drug-likeness (QED) is 0.385. The highest BCUT2D eigenvalue weighted by Gasteiger charge is 2.14. The Bertz CT molecular complexity index is 975. The molecule has 0 saturated heterocycles. The van der Waals surface area contributed by atoms with E-state index >= 15 is 0 Å². The van der Waals surface area contributed by atoms with E-state index in [4.69, 9.17) is 10.5 Å². The van der Waals surface area contributed by atoms with Gasteiger partial charge in [0.1, 0.15) is 24.0 Å². The van der Waals surface area contributed by atoms with Crippen LogP contribution in [0.3, 0.4) is 0 Å². The molecule has 152 valence electrons. The van der Waals surface area contributed by atoms with Crippen LogP contribution in [-0.2, 0) is 24.3 Å². The Hall–Kier alpha value is -3.22. The lowest BCUT2D eigenvalue weighted by Crippen LogP contribution is -2.02. The summed E-state index contributed by atoms with van der Waals surface area (Å²) in [6, 6.07) is 4.29. The van der Waals surface area contributed by atoms with Gasteiger partial charge in [0.15, 0.2) is 0 Å². The second-order valence-corrected chi connectivity index (χ2v) is 6.89. The van der Waals surface area contributed by atoms with E-state index in [1.807, 2.05) is 23.8 Å². The summed E-state index contributed by atoms with van der Waals surface area (Å²) in [7, 11) is 0. The molecule has 5 nitrogen and oxygen atoms in total. The Morgan fingerprint density at radius 1 is 1.41 bits per heavy atom. The topological polar surface area (TPSA) is 65.4 Å². The average Bonchev–Trinajstić information content (AvgIpc) is 3.06. The smallest absolute Gasteiger partial charge is 0.229 e. The van der Waals surface area contributed by atoms with Crippen molar-refractivity contribution < 1.29 is 13.5 Å². The van der Waals surface area contributed by atoms with Crippen LogP contribution < -0.4 is 5.73 Å². The third-order valence-corrected chi connectivity index (χ3v) is 4.57. The van der Waals surface area contributed by atoms with Crippen molar-refractivity contribution in [2.24, 2.45) is 10.9 Å². The molecule has 2 aromatic rings. The molecule has 1 aromatic heterocycles. The summed E-state index contributed by atoms with van der Waals surface area (Å²) in [6.45, 7) is 6.32. The number of nitrogens with zero attached hydrogens (tertiary/aromatic N) is 3. The molecule has 29 heavy (non-hydrogen) atoms. The molecule has 1 unspecified atom stereocenters. The van der Waals surface area contributed by atoms with Crippen LogP contribution in [0.1, 0.15) is 24.6 Å². The Morgan fingerprint density at radius 2 is 2.24 bits per heavy atom. The van der Waals surface area contributed by atoms with Crippen molar-refractivity contribution in [1.29, 1.82) is 0 Å². The van der Waals surface area contributed by atoms with Crippen LogP contribution in [0.4, 0.5) is 20.4 Å². The number of hydrogen-bond donors (Lipinski definition) is 1. The molecular weight excluding hydrogens is 374 g/mol. The number of allylic oxidation sites excluding steroid dienone is 4. The van der Waals surface area contributed by atoms with Crippen molar-refractivity contribution in [3.8, 4) is 0 Å². The van der Waals surface area contributed by atoms with E-state index in [0.29, 0.717) is 42.5 Å². The van der Waals surface area contributed by atoms with Gasteiger partial charge in [-0.1, -0.05) is 19.1 Å². The minimum absolute atomic E-state index is 0.106. The molecule has 0 fully saturated rings. The van der Waals surface area contributed by atoms with Gasteiger partial charge in [-0.15, -0.1) is 6.58 Å². The van der Waals surface area contributed by atoms with Gasteiger partial charge in [-0.2, -0.15) is 0 Å². The predicted molar refractivity (Wildman–Crippen MR) is 111 cm³/mol. The molecule has 1 aromatic carbocycles. The fraction of sp³-hybridized carbons (Fsp3) is 0.273. The van der Waals surface area contributed by atoms with Crippen LogP contribution in [0.5, 0.6) is 0 Å². The highest BCUT2D eigenvalue weighted by atomic mass is 19.1. The summed E-state index contributed by atoms with van der Waals surface area (Å²) in [4.78, 5) is 8.88. The minimum atomic E-state index is -0.369. The summed E-state index contributed by atoms with van der Waals surface area (Å²) in [6.07, 6.45) is 9.61. The largest absolute Gasteiger partial charge is 0.487 e. The first kappa shape index (κ1) is 20.5. The number of nitrogen functional groups attached to an aromatic ring is 1. The van der Waals surface area contributed by atoms with E-state index in [0.717, 1.165) is 5.56 Å². The zero-order chi connectivity index (χ0) is 20.8. The average molecular weight is 398 g/mol. The predicted octanol–water partition coefficient (Wildman–Crippen LogP) is 5.03. The summed E-state index contributed by atoms with van der Waals surface area (Å²) in [5.74, 6) is 0.356. The van der Waals surface area contributed by atoms with Crippen LogP contribution in [0.15, 0.2) is 65.8 Å². The van der Waals surface area contributed by atoms with Gasteiger partial charge < -0.3 is 15.0 Å². The molecule has 0 aliphatic heterocycles. The van der Waals surface area contributed by atoms with E-state index in [1.165, 1.54) is 18.2 Å². The van der Waals surface area contributed by atoms with E-state index in [9.17, 15) is 8.78 Å². The van der Waals surface area contributed by atoms with E-state index in [1.54, 1.807) is 18.4 Å². The summed E-state index contributed by atoms with van der Waals surface area (Å²) in [5, 5.41) is 0. The van der Waals surface area contributed by atoms with Crippen LogP contribution in [0, 0.1) is 11.7 Å². The molecule has 0 amide bonds. The van der Waals surface area contributed by atoms with E-state index in [2.05, 4.69) is 16.6 Å². The van der Waals surface area contributed by atoms with Crippen LogP contribution >= 0.6 is 0 Å². The SMILES string of the molecule is C=CCn1cc(COC2=CCC(C)C(F)=C2)nc1/N=C\Cc1ccc(F)cc1N. The minimum Gasteiger partial charge on any atom is -0.487 e. The van der Waals surface area contributed by atoms with Crippen LogP contribution in [0.2, 0.25) is 0 Å². The number of ether oxygens (including phenoxy) is 1. The van der Waals surface area contributed by atoms with Gasteiger partial charge in [-0.25, -0.2) is 18.8 Å². The van der Waals surface area contributed by atoms with Gasteiger partial charge in [0, 0.05) is 43.1 Å². The Labute approximate surface area is 168 Å². The molecule has 0 bridgehead atoms. The lowest BCUT2D eigenvalue weighted by Gasteiger charge is -2.14. The molecular formula is C22H24F2N4O. The first-order valence-corrected chi connectivity index (χ1v) is 9.39. The van der Waals surface area contributed by atoms with Crippen molar-refractivity contribution in [3.05, 3.63) is 77.9 Å². The van der Waals surface area contributed by atoms with Crippen molar-refractivity contribution in [2.75, 3.05) is 5.73 Å². The van der Waals surface area contributed by atoms with Crippen molar-refractivity contribution >= 4 is 17.9 Å². The number of aliphatic imine (C=N–C) groups is 1. The first-order valence-electron chi connectivity index (χ1n) is 9.39. The van der Waals surface area contributed by atoms with Crippen molar-refractivity contribution in [1.82, 2.24) is 9.55 Å². The number of imidazole rings is 1. The highest BCUT2D eigenvalue weighted by Crippen LogP contribution is 2.25.